The molecular formula is C5H10O3. The van der Waals surface area contributed by atoms with Gasteiger partial charge in [-0.15, -0.1) is 0 Å². The van der Waals surface area contributed by atoms with Gasteiger partial charge in [-0.3, -0.25) is 0 Å². The van der Waals surface area contributed by atoms with Crippen LogP contribution >= 0.6 is 0 Å². The van der Waals surface area contributed by atoms with Crippen LogP contribution in [0.15, 0.2) is 0 Å². The fraction of sp³-hybridized carbons (Fsp3) is 1.00. The molecular weight excluding hydrogens is 108 g/mol. The van der Waals surface area contributed by atoms with E-state index in [-0.39, 0.29) is 6.61 Å². The van der Waals surface area contributed by atoms with Crippen molar-refractivity contribution in [2.75, 3.05) is 6.61 Å². The smallest absolute Gasteiger partial charge is 0.0954 e. The molecule has 3 N–H and O–H groups in total. The predicted molar refractivity (Wildman–Crippen MR) is 27.3 cm³/mol. The Morgan fingerprint density at radius 2 is 2.12 bits per heavy atom. The van der Waals surface area contributed by atoms with Crippen LogP contribution in [0.1, 0.15) is 12.8 Å². The van der Waals surface area contributed by atoms with Gasteiger partial charge in [-0.1, -0.05) is 0 Å². The van der Waals surface area contributed by atoms with E-state index in [1.807, 2.05) is 0 Å². The summed E-state index contributed by atoms with van der Waals surface area (Å²) in [6.45, 7) is -0.0481. The van der Waals surface area contributed by atoms with Crippen molar-refractivity contribution in [1.82, 2.24) is 0 Å². The van der Waals surface area contributed by atoms with Crippen LogP contribution in [-0.4, -0.2) is 33.6 Å². The second-order valence-electron chi connectivity index (χ2n) is 2.30. The zero-order valence-corrected chi connectivity index (χ0v) is 4.54. The Labute approximate surface area is 47.6 Å². The molecule has 0 spiro atoms. The first kappa shape index (κ1) is 6.01. The molecule has 0 amide bonds. The molecule has 1 rings (SSSR count). The van der Waals surface area contributed by atoms with Gasteiger partial charge in [0.2, 0.25) is 0 Å². The highest BCUT2D eigenvalue weighted by molar-refractivity contribution is 5.03. The lowest BCUT2D eigenvalue weighted by molar-refractivity contribution is 0.0618. The first-order valence-corrected chi connectivity index (χ1v) is 2.70. The number of hydrogen-bond acceptors (Lipinski definition) is 3. The Bertz CT molecular complexity index is 93.7. The summed E-state index contributed by atoms with van der Waals surface area (Å²) in [6, 6.07) is 0. The Morgan fingerprint density at radius 3 is 2.25 bits per heavy atom. The van der Waals surface area contributed by atoms with E-state index in [9.17, 15) is 0 Å². The molecule has 2 atom stereocenters. The van der Waals surface area contributed by atoms with E-state index in [0.717, 1.165) is 0 Å². The second kappa shape index (κ2) is 1.69. The Hall–Kier alpha value is -0.120. The third-order valence-electron chi connectivity index (χ3n) is 1.55. The van der Waals surface area contributed by atoms with Crippen LogP contribution in [0.4, 0.5) is 0 Å². The summed E-state index contributed by atoms with van der Waals surface area (Å²) in [4.78, 5) is 0. The summed E-state index contributed by atoms with van der Waals surface area (Å²) in [5, 5.41) is 25.9. The number of rotatable bonds is 2. The molecule has 0 heterocycles. The molecule has 1 aliphatic carbocycles. The van der Waals surface area contributed by atoms with Crippen molar-refractivity contribution >= 4 is 0 Å². The normalized spacial score (nSPS) is 44.6. The third-order valence-corrected chi connectivity index (χ3v) is 1.55. The molecule has 1 fully saturated rings. The summed E-state index contributed by atoms with van der Waals surface area (Å²) >= 11 is 0. The zero-order valence-electron chi connectivity index (χ0n) is 4.54. The first-order valence-electron chi connectivity index (χ1n) is 2.70. The van der Waals surface area contributed by atoms with Gasteiger partial charge in [-0.25, -0.2) is 0 Å². The van der Waals surface area contributed by atoms with E-state index in [1.165, 1.54) is 0 Å². The molecule has 0 unspecified atom stereocenters. The number of hydrogen-bond donors (Lipinski definition) is 3. The van der Waals surface area contributed by atoms with E-state index < -0.39 is 11.7 Å². The molecule has 3 heteroatoms. The van der Waals surface area contributed by atoms with E-state index in [2.05, 4.69) is 0 Å². The second-order valence-corrected chi connectivity index (χ2v) is 2.30. The summed E-state index contributed by atoms with van der Waals surface area (Å²) < 4.78 is 0. The van der Waals surface area contributed by atoms with Crippen LogP contribution < -0.4 is 0 Å². The van der Waals surface area contributed by atoms with Gasteiger partial charge in [0.25, 0.3) is 0 Å². The molecule has 0 saturated heterocycles. The van der Waals surface area contributed by atoms with Gasteiger partial charge in [0.05, 0.1) is 11.7 Å². The van der Waals surface area contributed by atoms with Gasteiger partial charge in [0.1, 0.15) is 0 Å². The van der Waals surface area contributed by atoms with E-state index in [0.29, 0.717) is 12.8 Å². The molecule has 1 saturated carbocycles. The fourth-order valence-electron chi connectivity index (χ4n) is 0.738. The van der Waals surface area contributed by atoms with E-state index in [1.54, 1.807) is 0 Å². The highest BCUT2D eigenvalue weighted by Crippen LogP contribution is 2.38. The van der Waals surface area contributed by atoms with Crippen LogP contribution in [0.5, 0.6) is 0 Å². The van der Waals surface area contributed by atoms with Crippen molar-refractivity contribution in [2.45, 2.75) is 24.5 Å². The van der Waals surface area contributed by atoms with Crippen LogP contribution in [0.25, 0.3) is 0 Å². The quantitative estimate of drug-likeness (QED) is 0.429. The molecule has 0 aromatic heterocycles. The van der Waals surface area contributed by atoms with Crippen molar-refractivity contribution < 1.29 is 15.3 Å². The maximum Gasteiger partial charge on any atom is 0.0954 e. The van der Waals surface area contributed by atoms with Gasteiger partial charge in [0.15, 0.2) is 0 Å². The lowest BCUT2D eigenvalue weighted by atomic mass is 10.2. The monoisotopic (exact) mass is 118 g/mol. The lowest BCUT2D eigenvalue weighted by Crippen LogP contribution is -2.14. The van der Waals surface area contributed by atoms with Crippen LogP contribution in [-0.2, 0) is 0 Å². The van der Waals surface area contributed by atoms with Gasteiger partial charge < -0.3 is 15.3 Å². The van der Waals surface area contributed by atoms with Crippen molar-refractivity contribution in [2.24, 2.45) is 0 Å². The van der Waals surface area contributed by atoms with Gasteiger partial charge >= 0.3 is 0 Å². The number of aliphatic hydroxyl groups excluding tert-OH is 2. The molecule has 0 bridgehead atoms. The summed E-state index contributed by atoms with van der Waals surface area (Å²) in [6.07, 6.45) is 0.136. The van der Waals surface area contributed by atoms with Gasteiger partial charge in [0, 0.05) is 19.4 Å². The maximum atomic E-state index is 8.99. The van der Waals surface area contributed by atoms with Crippen molar-refractivity contribution in [3.8, 4) is 0 Å². The van der Waals surface area contributed by atoms with Crippen molar-refractivity contribution in [3.05, 3.63) is 0 Å². The van der Waals surface area contributed by atoms with Crippen molar-refractivity contribution in [3.63, 3.8) is 0 Å². The third kappa shape index (κ3) is 0.844. The molecule has 8 heavy (non-hydrogen) atoms. The minimum atomic E-state index is -0.936. The van der Waals surface area contributed by atoms with E-state index in [4.69, 9.17) is 15.3 Å². The molecule has 48 valence electrons. The number of aliphatic hydroxyl groups is 3. The average Bonchev–Trinajstić information content (AvgIpc) is 2.16. The summed E-state index contributed by atoms with van der Waals surface area (Å²) in [7, 11) is 0. The highest BCUT2D eigenvalue weighted by Gasteiger charge is 2.51. The van der Waals surface area contributed by atoms with Crippen LogP contribution in [0.3, 0.4) is 0 Å². The minimum Gasteiger partial charge on any atom is -0.396 e. The molecule has 0 aromatic rings. The molecule has 3 nitrogen and oxygen atoms in total. The maximum absolute atomic E-state index is 8.99. The Morgan fingerprint density at radius 1 is 1.62 bits per heavy atom. The standard InChI is InChI=1S/C5H10O3/c6-2-1-5(8)3-4(5)7/h4,6-8H,1-3H2/t4-,5-/m1/s1. The fourth-order valence-corrected chi connectivity index (χ4v) is 0.738. The van der Waals surface area contributed by atoms with Crippen LogP contribution in [0.2, 0.25) is 0 Å². The van der Waals surface area contributed by atoms with E-state index >= 15 is 0 Å². The van der Waals surface area contributed by atoms with Gasteiger partial charge in [-0.2, -0.15) is 0 Å². The summed E-state index contributed by atoms with van der Waals surface area (Å²) in [5.41, 5.74) is -0.936. The molecule has 0 aliphatic heterocycles. The van der Waals surface area contributed by atoms with Crippen LogP contribution in [0, 0.1) is 0 Å². The predicted octanol–water partition coefficient (Wildman–Crippen LogP) is -1.14. The largest absolute Gasteiger partial charge is 0.396 e. The molecule has 1 aliphatic rings. The summed E-state index contributed by atoms with van der Waals surface area (Å²) in [5.74, 6) is 0. The topological polar surface area (TPSA) is 60.7 Å². The zero-order chi connectivity index (χ0) is 6.20. The first-order chi connectivity index (χ1) is 3.69. The highest BCUT2D eigenvalue weighted by atomic mass is 16.4. The molecule has 0 aromatic carbocycles. The molecule has 0 radical (unpaired) electrons. The Balaban J connectivity index is 2.25. The minimum absolute atomic E-state index is 0.0481. The lowest BCUT2D eigenvalue weighted by Gasteiger charge is -2.02. The SMILES string of the molecule is OCC[C@@]1(O)C[C@H]1O. The van der Waals surface area contributed by atoms with Crippen molar-refractivity contribution in [1.29, 1.82) is 0 Å². The van der Waals surface area contributed by atoms with Gasteiger partial charge in [-0.05, 0) is 0 Å². The Kier molecular flexibility index (Phi) is 1.27. The average molecular weight is 118 g/mol.